The number of carbonyl (C=O) groups excluding carboxylic acids is 1. The van der Waals surface area contributed by atoms with E-state index in [0.717, 1.165) is 88.6 Å². The third kappa shape index (κ3) is 7.52. The average molecular weight is 868 g/mol. The van der Waals surface area contributed by atoms with Gasteiger partial charge < -0.3 is 23.5 Å². The molecule has 11 nitrogen and oxygen atoms in total. The summed E-state index contributed by atoms with van der Waals surface area (Å²) in [6, 6.07) is 24.0. The second-order valence-electron chi connectivity index (χ2n) is 16.4. The molecule has 0 saturated carbocycles. The number of rotatable bonds is 12. The molecule has 0 N–H and O–H groups in total. The van der Waals surface area contributed by atoms with Gasteiger partial charge in [-0.3, -0.25) is 9.48 Å². The van der Waals surface area contributed by atoms with E-state index in [2.05, 4.69) is 44.3 Å². The minimum atomic E-state index is -0.129. The van der Waals surface area contributed by atoms with Gasteiger partial charge in [-0.2, -0.15) is 5.10 Å². The van der Waals surface area contributed by atoms with Crippen LogP contribution in [0.15, 0.2) is 85.3 Å². The molecule has 0 spiro atoms. The third-order valence-corrected chi connectivity index (χ3v) is 12.7. The van der Waals surface area contributed by atoms with Crippen molar-refractivity contribution < 1.29 is 14.3 Å². The van der Waals surface area contributed by atoms with E-state index in [1.807, 2.05) is 107 Å². The maximum Gasteiger partial charge on any atom is 0.275 e. The van der Waals surface area contributed by atoms with Gasteiger partial charge in [0.2, 0.25) is 0 Å². The van der Waals surface area contributed by atoms with Crippen molar-refractivity contribution in [1.82, 2.24) is 33.9 Å². The zero-order valence-corrected chi connectivity index (χ0v) is 37.5. The SMILES string of the molecule is Cc1cc(OCCCc2c3n(c4c(-c5c(C)nc(COCc6ccccc6)nc5C)c(Cl)ccc24)[C@H](C)CN(c2cn(C)c4ccc(-c5ncn(C)n5)cc24)C3=O)cc(C)c1Cl. The van der Waals surface area contributed by atoms with Crippen molar-refractivity contribution in [3.63, 3.8) is 0 Å². The summed E-state index contributed by atoms with van der Waals surface area (Å²) in [5.41, 5.74) is 11.5. The molecule has 9 rings (SSSR count). The van der Waals surface area contributed by atoms with Crippen molar-refractivity contribution in [2.75, 3.05) is 18.1 Å². The highest BCUT2D eigenvalue weighted by Gasteiger charge is 2.37. The highest BCUT2D eigenvalue weighted by atomic mass is 35.5. The molecule has 0 fully saturated rings. The van der Waals surface area contributed by atoms with Crippen molar-refractivity contribution in [3.05, 3.63) is 141 Å². The molecule has 0 bridgehead atoms. The number of carbonyl (C=O) groups is 1. The normalized spacial score (nSPS) is 14.0. The Morgan fingerprint density at radius 1 is 0.855 bits per heavy atom. The van der Waals surface area contributed by atoms with Crippen LogP contribution < -0.4 is 9.64 Å². The summed E-state index contributed by atoms with van der Waals surface area (Å²) in [6.45, 7) is 11.7. The zero-order valence-electron chi connectivity index (χ0n) is 36.0. The van der Waals surface area contributed by atoms with Crippen LogP contribution in [0.3, 0.4) is 0 Å². The number of nitrogens with zero attached hydrogens (tertiary/aromatic N) is 8. The lowest BCUT2D eigenvalue weighted by molar-refractivity contribution is 0.0957. The first-order valence-corrected chi connectivity index (χ1v) is 21.6. The fraction of sp³-hybridized carbons (Fsp3) is 0.286. The Labute approximate surface area is 370 Å². The van der Waals surface area contributed by atoms with Crippen molar-refractivity contribution in [1.29, 1.82) is 0 Å². The highest BCUT2D eigenvalue weighted by Crippen LogP contribution is 2.46. The topological polar surface area (TPSA) is 105 Å². The van der Waals surface area contributed by atoms with Gasteiger partial charge >= 0.3 is 0 Å². The van der Waals surface area contributed by atoms with Gasteiger partial charge in [0.25, 0.3) is 5.91 Å². The second-order valence-corrected chi connectivity index (χ2v) is 17.2. The molecule has 1 aliphatic rings. The van der Waals surface area contributed by atoms with Crippen LogP contribution in [0.1, 0.15) is 69.3 Å². The van der Waals surface area contributed by atoms with Crippen molar-refractivity contribution in [2.24, 2.45) is 14.1 Å². The minimum Gasteiger partial charge on any atom is -0.494 e. The summed E-state index contributed by atoms with van der Waals surface area (Å²) < 4.78 is 18.3. The Hall–Kier alpha value is -6.01. The number of anilines is 1. The van der Waals surface area contributed by atoms with Gasteiger partial charge in [-0.15, -0.1) is 0 Å². The lowest BCUT2D eigenvalue weighted by atomic mass is 9.97. The second kappa shape index (κ2) is 16.7. The van der Waals surface area contributed by atoms with Gasteiger partial charge in [0.1, 0.15) is 24.4 Å². The predicted octanol–water partition coefficient (Wildman–Crippen LogP) is 10.9. The van der Waals surface area contributed by atoms with Gasteiger partial charge in [-0.25, -0.2) is 15.0 Å². The van der Waals surface area contributed by atoms with Crippen molar-refractivity contribution in [3.8, 4) is 28.3 Å². The molecule has 0 unspecified atom stereocenters. The van der Waals surface area contributed by atoms with Crippen LogP contribution in [-0.4, -0.2) is 52.9 Å². The van der Waals surface area contributed by atoms with Crippen LogP contribution in [0.2, 0.25) is 10.0 Å². The van der Waals surface area contributed by atoms with Crippen LogP contribution in [0.25, 0.3) is 44.3 Å². The molecule has 0 radical (unpaired) electrons. The molecule has 4 aromatic heterocycles. The van der Waals surface area contributed by atoms with Crippen LogP contribution in [0.4, 0.5) is 5.69 Å². The summed E-state index contributed by atoms with van der Waals surface area (Å²) in [5.74, 6) is 1.92. The van der Waals surface area contributed by atoms with E-state index in [9.17, 15) is 0 Å². The van der Waals surface area contributed by atoms with E-state index < -0.39 is 0 Å². The summed E-state index contributed by atoms with van der Waals surface area (Å²) >= 11 is 13.7. The molecule has 316 valence electrons. The molecule has 1 amide bonds. The summed E-state index contributed by atoms with van der Waals surface area (Å²) in [6.07, 6.45) is 5.00. The molecule has 13 heteroatoms. The van der Waals surface area contributed by atoms with Gasteiger partial charge in [0, 0.05) is 82.3 Å². The van der Waals surface area contributed by atoms with E-state index in [0.29, 0.717) is 55.0 Å². The number of benzene rings is 4. The number of halogens is 2. The van der Waals surface area contributed by atoms with Gasteiger partial charge in [0.15, 0.2) is 11.6 Å². The number of ether oxygens (including phenoxy) is 2. The molecular formula is C49H48Cl2N8O3. The molecule has 1 atom stereocenters. The zero-order chi connectivity index (χ0) is 43.4. The third-order valence-electron chi connectivity index (χ3n) is 11.8. The maximum absolute atomic E-state index is 15.4. The minimum absolute atomic E-state index is 0.0780. The molecule has 8 aromatic rings. The standard InChI is InChI=1S/C49H48Cl2N8O3/c1-28-20-35(21-29(2)45(28)51)62-19-11-14-36-37-16-17-39(50)44(43-31(4)53-42(54-32(43)5)26-61-25-33-12-9-8-10-13-33)46(37)59-30(3)23-58(49(60)47(36)59)41-24-56(6)40-18-15-34(22-38(40)41)48-52-27-57(7)55-48/h8-10,12-13,15-18,20-22,24,27,30H,11,14,19,23,25-26H2,1-7H3/t30-/m1/s1. The van der Waals surface area contributed by atoms with Crippen LogP contribution in [0, 0.1) is 27.7 Å². The lowest BCUT2D eigenvalue weighted by Crippen LogP contribution is -2.42. The Balaban J connectivity index is 1.13. The van der Waals surface area contributed by atoms with E-state index in [4.69, 9.17) is 42.6 Å². The van der Waals surface area contributed by atoms with Crippen LogP contribution >= 0.6 is 23.2 Å². The Bertz CT molecular complexity index is 2980. The molecule has 1 aliphatic heterocycles. The number of hydrogen-bond donors (Lipinski definition) is 0. The monoisotopic (exact) mass is 866 g/mol. The van der Waals surface area contributed by atoms with Gasteiger partial charge in [-0.05, 0) is 106 Å². The number of hydrogen-bond acceptors (Lipinski definition) is 7. The fourth-order valence-electron chi connectivity index (χ4n) is 9.05. The van der Waals surface area contributed by atoms with Gasteiger partial charge in [-0.1, -0.05) is 59.6 Å². The highest BCUT2D eigenvalue weighted by molar-refractivity contribution is 6.35. The Morgan fingerprint density at radius 2 is 1.60 bits per heavy atom. The first-order chi connectivity index (χ1) is 29.9. The quantitative estimate of drug-likeness (QED) is 0.113. The summed E-state index contributed by atoms with van der Waals surface area (Å²) in [7, 11) is 3.86. The molecule has 0 saturated heterocycles. The Morgan fingerprint density at radius 3 is 2.31 bits per heavy atom. The molecule has 4 aromatic carbocycles. The van der Waals surface area contributed by atoms with Crippen molar-refractivity contribution >= 4 is 56.6 Å². The fourth-order valence-corrected chi connectivity index (χ4v) is 9.40. The van der Waals surface area contributed by atoms with E-state index in [1.54, 1.807) is 11.0 Å². The van der Waals surface area contributed by atoms with E-state index >= 15 is 4.79 Å². The number of fused-ring (bicyclic) bond motifs is 4. The first-order valence-electron chi connectivity index (χ1n) is 20.9. The molecular weight excluding hydrogens is 819 g/mol. The molecule has 62 heavy (non-hydrogen) atoms. The number of aromatic nitrogens is 7. The summed E-state index contributed by atoms with van der Waals surface area (Å²) in [5, 5.41) is 7.78. The van der Waals surface area contributed by atoms with Crippen LogP contribution in [-0.2, 0) is 38.5 Å². The first kappa shape index (κ1) is 41.3. The molecule has 0 aliphatic carbocycles. The smallest absolute Gasteiger partial charge is 0.275 e. The van der Waals surface area contributed by atoms with Crippen molar-refractivity contribution in [2.45, 2.75) is 66.7 Å². The maximum atomic E-state index is 15.4. The number of aryl methyl sites for hydroxylation is 7. The predicted molar refractivity (Wildman–Crippen MR) is 246 cm³/mol. The van der Waals surface area contributed by atoms with E-state index in [-0.39, 0.29) is 18.6 Å². The largest absolute Gasteiger partial charge is 0.494 e. The summed E-state index contributed by atoms with van der Waals surface area (Å²) in [4.78, 5) is 31.7. The van der Waals surface area contributed by atoms with Crippen LogP contribution in [0.5, 0.6) is 5.75 Å². The Kier molecular flexibility index (Phi) is 11.1. The van der Waals surface area contributed by atoms with E-state index in [1.165, 1.54) is 0 Å². The number of amides is 1. The molecule has 5 heterocycles. The van der Waals surface area contributed by atoms with Gasteiger partial charge in [0.05, 0.1) is 29.4 Å². The average Bonchev–Trinajstić information content (AvgIpc) is 3.94. The lowest BCUT2D eigenvalue weighted by Gasteiger charge is -2.34.